The minimum Gasteiger partial charge on any atom is -0.476 e. The molecule has 0 atom stereocenters. The van der Waals surface area contributed by atoms with Gasteiger partial charge in [-0.25, -0.2) is 9.78 Å². The molecule has 94 valence electrons. The number of nitrogens with zero attached hydrogens (tertiary/aromatic N) is 4. The zero-order chi connectivity index (χ0) is 13.0. The third kappa shape index (κ3) is 2.82. The van der Waals surface area contributed by atoms with E-state index in [-0.39, 0.29) is 11.6 Å². The van der Waals surface area contributed by atoms with E-state index in [1.165, 1.54) is 6.20 Å². The normalized spacial score (nSPS) is 10.3. The third-order valence-electron chi connectivity index (χ3n) is 2.12. The second kappa shape index (κ2) is 5.26. The fourth-order valence-electron chi connectivity index (χ4n) is 1.37. The number of carboxylic acids is 1. The van der Waals surface area contributed by atoms with Crippen LogP contribution in [0.3, 0.4) is 0 Å². The summed E-state index contributed by atoms with van der Waals surface area (Å²) in [7, 11) is 0. The first-order valence-electron chi connectivity index (χ1n) is 5.44. The molecule has 0 amide bonds. The lowest BCUT2D eigenvalue weighted by Gasteiger charge is -2.01. The number of hydrogen-bond donors (Lipinski definition) is 1. The Kier molecular flexibility index (Phi) is 3.52. The number of aryl methyl sites for hydroxylation is 1. The van der Waals surface area contributed by atoms with E-state index in [1.807, 2.05) is 6.92 Å². The summed E-state index contributed by atoms with van der Waals surface area (Å²) in [6.07, 6.45) is 6.75. The molecular formula is C11H12N4O3. The molecule has 0 spiro atoms. The Hall–Kier alpha value is -2.44. The smallest absolute Gasteiger partial charge is 0.356 e. The van der Waals surface area contributed by atoms with Crippen LogP contribution in [0.4, 0.5) is 0 Å². The van der Waals surface area contributed by atoms with Gasteiger partial charge in [0, 0.05) is 6.54 Å². The van der Waals surface area contributed by atoms with Gasteiger partial charge in [-0.15, -0.1) is 0 Å². The van der Waals surface area contributed by atoms with Crippen molar-refractivity contribution in [2.24, 2.45) is 0 Å². The molecule has 0 aliphatic heterocycles. The van der Waals surface area contributed by atoms with Crippen molar-refractivity contribution < 1.29 is 14.6 Å². The molecule has 0 bridgehead atoms. The first-order chi connectivity index (χ1) is 8.69. The molecule has 0 aliphatic rings. The fraction of sp³-hybridized carbons (Fsp3) is 0.273. The van der Waals surface area contributed by atoms with Gasteiger partial charge in [0.1, 0.15) is 0 Å². The summed E-state index contributed by atoms with van der Waals surface area (Å²) in [6.45, 7) is 2.84. The van der Waals surface area contributed by atoms with Crippen molar-refractivity contribution >= 4 is 5.97 Å². The summed E-state index contributed by atoms with van der Waals surface area (Å²) >= 11 is 0. The highest BCUT2D eigenvalue weighted by Gasteiger charge is 2.08. The number of ether oxygens (including phenoxy) is 1. The van der Waals surface area contributed by atoms with Crippen LogP contribution in [0.1, 0.15) is 23.8 Å². The molecule has 0 unspecified atom stereocenters. The van der Waals surface area contributed by atoms with Crippen LogP contribution in [0.15, 0.2) is 24.8 Å². The zero-order valence-electron chi connectivity index (χ0n) is 9.78. The predicted octanol–water partition coefficient (Wildman–Crippen LogP) is 1.57. The molecule has 2 aromatic rings. The van der Waals surface area contributed by atoms with Gasteiger partial charge < -0.3 is 9.84 Å². The van der Waals surface area contributed by atoms with E-state index in [0.29, 0.717) is 5.75 Å². The van der Waals surface area contributed by atoms with Crippen LogP contribution < -0.4 is 4.74 Å². The Morgan fingerprint density at radius 1 is 1.44 bits per heavy atom. The lowest BCUT2D eigenvalue weighted by molar-refractivity contribution is 0.0689. The monoisotopic (exact) mass is 248 g/mol. The van der Waals surface area contributed by atoms with Crippen molar-refractivity contribution in [1.82, 2.24) is 19.7 Å². The van der Waals surface area contributed by atoms with Crippen molar-refractivity contribution in [1.29, 1.82) is 0 Å². The van der Waals surface area contributed by atoms with Crippen LogP contribution in [0.2, 0.25) is 0 Å². The topological polar surface area (TPSA) is 90.1 Å². The van der Waals surface area contributed by atoms with E-state index in [4.69, 9.17) is 9.84 Å². The van der Waals surface area contributed by atoms with Gasteiger partial charge in [0.05, 0.1) is 24.8 Å². The molecule has 0 fully saturated rings. The van der Waals surface area contributed by atoms with E-state index in [9.17, 15) is 4.79 Å². The molecule has 0 radical (unpaired) electrons. The van der Waals surface area contributed by atoms with E-state index < -0.39 is 5.97 Å². The van der Waals surface area contributed by atoms with Gasteiger partial charge >= 0.3 is 5.97 Å². The first kappa shape index (κ1) is 12.0. The summed E-state index contributed by atoms with van der Waals surface area (Å²) in [6, 6.07) is 0. The minimum atomic E-state index is -1.14. The standard InChI is InChI=1S/C11H12N4O3/c1-2-3-15-7-8(4-13-15)18-10-6-12-5-9(14-10)11(16)17/h4-7H,2-3H2,1H3,(H,16,17). The molecule has 0 saturated heterocycles. The second-order valence-corrected chi connectivity index (χ2v) is 3.59. The summed E-state index contributed by atoms with van der Waals surface area (Å²) in [5.74, 6) is -0.513. The lowest BCUT2D eigenvalue weighted by Crippen LogP contribution is -2.02. The Balaban J connectivity index is 2.12. The van der Waals surface area contributed by atoms with Crippen molar-refractivity contribution in [2.45, 2.75) is 19.9 Å². The second-order valence-electron chi connectivity index (χ2n) is 3.59. The number of aromatic carboxylic acids is 1. The maximum absolute atomic E-state index is 10.7. The molecule has 0 aliphatic carbocycles. The van der Waals surface area contributed by atoms with Crippen LogP contribution in [0, 0.1) is 0 Å². The molecule has 2 heterocycles. The van der Waals surface area contributed by atoms with E-state index in [0.717, 1.165) is 19.2 Å². The highest BCUT2D eigenvalue weighted by Crippen LogP contribution is 2.17. The van der Waals surface area contributed by atoms with E-state index in [2.05, 4.69) is 15.1 Å². The Bertz CT molecular complexity index is 553. The maximum Gasteiger partial charge on any atom is 0.356 e. The number of rotatable bonds is 5. The summed E-state index contributed by atoms with van der Waals surface area (Å²) in [5, 5.41) is 12.9. The van der Waals surface area contributed by atoms with E-state index in [1.54, 1.807) is 17.1 Å². The van der Waals surface area contributed by atoms with Gasteiger partial charge in [-0.1, -0.05) is 6.92 Å². The molecule has 7 nitrogen and oxygen atoms in total. The molecule has 7 heteroatoms. The van der Waals surface area contributed by atoms with Crippen LogP contribution in [0.25, 0.3) is 0 Å². The Morgan fingerprint density at radius 3 is 3.00 bits per heavy atom. The van der Waals surface area contributed by atoms with Crippen molar-refractivity contribution in [3.8, 4) is 11.6 Å². The van der Waals surface area contributed by atoms with Gasteiger partial charge in [0.15, 0.2) is 11.4 Å². The van der Waals surface area contributed by atoms with Gasteiger partial charge in [0.2, 0.25) is 5.88 Å². The quantitative estimate of drug-likeness (QED) is 0.863. The molecule has 2 aromatic heterocycles. The number of hydrogen-bond acceptors (Lipinski definition) is 5. The summed E-state index contributed by atoms with van der Waals surface area (Å²) in [5.41, 5.74) is -0.159. The third-order valence-corrected chi connectivity index (χ3v) is 2.12. The van der Waals surface area contributed by atoms with Gasteiger partial charge in [0.25, 0.3) is 0 Å². The molecule has 2 rings (SSSR count). The average molecular weight is 248 g/mol. The Labute approximate surface area is 103 Å². The van der Waals surface area contributed by atoms with Crippen LogP contribution in [-0.2, 0) is 6.54 Å². The fourth-order valence-corrected chi connectivity index (χ4v) is 1.37. The molecule has 18 heavy (non-hydrogen) atoms. The first-order valence-corrected chi connectivity index (χ1v) is 5.44. The summed E-state index contributed by atoms with van der Waals surface area (Å²) in [4.78, 5) is 18.3. The molecule has 0 saturated carbocycles. The largest absolute Gasteiger partial charge is 0.476 e. The van der Waals surface area contributed by atoms with Gasteiger partial charge in [-0.05, 0) is 6.42 Å². The van der Waals surface area contributed by atoms with Gasteiger partial charge in [-0.3, -0.25) is 9.67 Å². The lowest BCUT2D eigenvalue weighted by atomic mass is 10.4. The van der Waals surface area contributed by atoms with Gasteiger partial charge in [-0.2, -0.15) is 5.10 Å². The van der Waals surface area contributed by atoms with Crippen molar-refractivity contribution in [2.75, 3.05) is 0 Å². The summed E-state index contributed by atoms with van der Waals surface area (Å²) < 4.78 is 7.12. The number of carboxylic acid groups (broad SMARTS) is 1. The molecule has 0 aromatic carbocycles. The number of aromatic nitrogens is 4. The number of carbonyl (C=O) groups is 1. The maximum atomic E-state index is 10.7. The van der Waals surface area contributed by atoms with E-state index >= 15 is 0 Å². The SMILES string of the molecule is CCCn1cc(Oc2cncc(C(=O)O)n2)cn1. The van der Waals surface area contributed by atoms with Crippen molar-refractivity contribution in [3.63, 3.8) is 0 Å². The molecule has 1 N–H and O–H groups in total. The van der Waals surface area contributed by atoms with Crippen LogP contribution in [0.5, 0.6) is 11.6 Å². The Morgan fingerprint density at radius 2 is 2.28 bits per heavy atom. The highest BCUT2D eigenvalue weighted by atomic mass is 16.5. The van der Waals surface area contributed by atoms with Crippen LogP contribution in [-0.4, -0.2) is 30.8 Å². The zero-order valence-corrected chi connectivity index (χ0v) is 9.78. The predicted molar refractivity (Wildman–Crippen MR) is 61.6 cm³/mol. The highest BCUT2D eigenvalue weighted by molar-refractivity contribution is 5.84. The minimum absolute atomic E-state index is 0.131. The van der Waals surface area contributed by atoms with Crippen molar-refractivity contribution in [3.05, 3.63) is 30.5 Å². The average Bonchev–Trinajstić information content (AvgIpc) is 2.77. The van der Waals surface area contributed by atoms with Crippen LogP contribution >= 0.6 is 0 Å². The molecular weight excluding hydrogens is 236 g/mol.